The Hall–Kier alpha value is -0.900. The quantitative estimate of drug-likeness (QED) is 0.735. The van der Waals surface area contributed by atoms with E-state index < -0.39 is 0 Å². The minimum atomic E-state index is 0.344. The highest BCUT2D eigenvalue weighted by atomic mass is 15.4. The fourth-order valence-electron chi connectivity index (χ4n) is 1.26. The molecular formula is C9H18N4. The van der Waals surface area contributed by atoms with E-state index in [0.29, 0.717) is 6.04 Å². The smallest absolute Gasteiger partial charge is 0.0827 e. The highest BCUT2D eigenvalue weighted by molar-refractivity contribution is 4.91. The molecule has 1 heterocycles. The summed E-state index contributed by atoms with van der Waals surface area (Å²) in [5.74, 6) is 0. The lowest BCUT2D eigenvalue weighted by Crippen LogP contribution is -2.18. The van der Waals surface area contributed by atoms with E-state index in [1.54, 1.807) is 4.68 Å². The Kier molecular flexibility index (Phi) is 3.89. The van der Waals surface area contributed by atoms with Crippen LogP contribution in [0.25, 0.3) is 0 Å². The molecule has 0 saturated heterocycles. The van der Waals surface area contributed by atoms with Gasteiger partial charge in [0.15, 0.2) is 0 Å². The highest BCUT2D eigenvalue weighted by Crippen LogP contribution is 2.03. The molecule has 0 aliphatic carbocycles. The van der Waals surface area contributed by atoms with Gasteiger partial charge in [-0.15, -0.1) is 5.10 Å². The average molecular weight is 182 g/mol. The van der Waals surface area contributed by atoms with Crippen molar-refractivity contribution in [2.24, 2.45) is 12.8 Å². The molecule has 0 amide bonds. The minimum absolute atomic E-state index is 0.344. The van der Waals surface area contributed by atoms with Crippen molar-refractivity contribution < 1.29 is 0 Å². The highest BCUT2D eigenvalue weighted by Gasteiger charge is 2.01. The molecule has 1 rings (SSSR count). The van der Waals surface area contributed by atoms with Crippen LogP contribution in [0.5, 0.6) is 0 Å². The van der Waals surface area contributed by atoms with Crippen LogP contribution in [-0.4, -0.2) is 21.0 Å². The fourth-order valence-corrected chi connectivity index (χ4v) is 1.26. The Balaban J connectivity index is 2.20. The third kappa shape index (κ3) is 3.55. The summed E-state index contributed by atoms with van der Waals surface area (Å²) < 4.78 is 1.73. The van der Waals surface area contributed by atoms with Gasteiger partial charge in [-0.25, -0.2) is 0 Å². The molecule has 0 bridgehead atoms. The Morgan fingerprint density at radius 3 is 2.92 bits per heavy atom. The second-order valence-corrected chi connectivity index (χ2v) is 3.44. The first-order chi connectivity index (χ1) is 6.22. The van der Waals surface area contributed by atoms with Crippen molar-refractivity contribution in [3.05, 3.63) is 11.9 Å². The van der Waals surface area contributed by atoms with Crippen molar-refractivity contribution in [1.82, 2.24) is 15.0 Å². The number of hydrogen-bond donors (Lipinski definition) is 1. The first-order valence-corrected chi connectivity index (χ1v) is 4.83. The molecule has 1 aromatic heterocycles. The number of rotatable bonds is 5. The van der Waals surface area contributed by atoms with E-state index in [0.717, 1.165) is 31.4 Å². The zero-order chi connectivity index (χ0) is 9.68. The van der Waals surface area contributed by atoms with Crippen LogP contribution in [0.2, 0.25) is 0 Å². The van der Waals surface area contributed by atoms with Crippen molar-refractivity contribution in [2.75, 3.05) is 0 Å². The van der Waals surface area contributed by atoms with Gasteiger partial charge in [0.05, 0.1) is 5.69 Å². The molecule has 13 heavy (non-hydrogen) atoms. The van der Waals surface area contributed by atoms with Gasteiger partial charge < -0.3 is 5.73 Å². The molecule has 1 atom stereocenters. The predicted molar refractivity (Wildman–Crippen MR) is 52.2 cm³/mol. The number of aromatic nitrogens is 3. The number of nitrogens with two attached hydrogens (primary N) is 1. The first kappa shape index (κ1) is 10.2. The summed E-state index contributed by atoms with van der Waals surface area (Å²) in [6.07, 6.45) is 6.18. The average Bonchev–Trinajstić information content (AvgIpc) is 2.51. The topological polar surface area (TPSA) is 56.7 Å². The Labute approximate surface area is 79.1 Å². The molecule has 1 aromatic rings. The molecule has 0 aliphatic heterocycles. The van der Waals surface area contributed by atoms with Gasteiger partial charge >= 0.3 is 0 Å². The lowest BCUT2D eigenvalue weighted by molar-refractivity contribution is 0.565. The van der Waals surface area contributed by atoms with Crippen LogP contribution in [0.3, 0.4) is 0 Å². The first-order valence-electron chi connectivity index (χ1n) is 4.83. The van der Waals surface area contributed by atoms with Gasteiger partial charge in [0.1, 0.15) is 0 Å². The predicted octanol–water partition coefficient (Wildman–Crippen LogP) is 0.875. The standard InChI is InChI=1S/C9H18N4/c1-3-8(10)5-4-6-9-7-13(2)12-11-9/h7-8H,3-6,10H2,1-2H3. The van der Waals surface area contributed by atoms with Crippen LogP contribution in [0.1, 0.15) is 31.9 Å². The van der Waals surface area contributed by atoms with Crippen LogP contribution in [0, 0.1) is 0 Å². The Morgan fingerprint density at radius 2 is 2.38 bits per heavy atom. The van der Waals surface area contributed by atoms with E-state index in [4.69, 9.17) is 5.73 Å². The summed E-state index contributed by atoms with van der Waals surface area (Å²) >= 11 is 0. The van der Waals surface area contributed by atoms with Crippen LogP contribution in [0.4, 0.5) is 0 Å². The van der Waals surface area contributed by atoms with Crippen LogP contribution in [-0.2, 0) is 13.5 Å². The van der Waals surface area contributed by atoms with Gasteiger partial charge in [0, 0.05) is 19.3 Å². The van der Waals surface area contributed by atoms with Crippen LogP contribution < -0.4 is 5.73 Å². The number of nitrogens with zero attached hydrogens (tertiary/aromatic N) is 3. The van der Waals surface area contributed by atoms with Crippen LogP contribution >= 0.6 is 0 Å². The third-order valence-electron chi connectivity index (χ3n) is 2.18. The van der Waals surface area contributed by atoms with Crippen molar-refractivity contribution in [3.63, 3.8) is 0 Å². The molecule has 0 aromatic carbocycles. The Morgan fingerprint density at radius 1 is 1.62 bits per heavy atom. The molecule has 4 nitrogen and oxygen atoms in total. The molecule has 0 saturated carbocycles. The largest absolute Gasteiger partial charge is 0.328 e. The summed E-state index contributed by atoms with van der Waals surface area (Å²) in [6, 6.07) is 0.344. The van der Waals surface area contributed by atoms with Crippen molar-refractivity contribution in [3.8, 4) is 0 Å². The maximum absolute atomic E-state index is 5.80. The zero-order valence-corrected chi connectivity index (χ0v) is 8.40. The third-order valence-corrected chi connectivity index (χ3v) is 2.18. The van der Waals surface area contributed by atoms with Gasteiger partial charge in [0.2, 0.25) is 0 Å². The summed E-state index contributed by atoms with van der Waals surface area (Å²) in [5.41, 5.74) is 6.86. The van der Waals surface area contributed by atoms with Gasteiger partial charge in [-0.1, -0.05) is 12.1 Å². The number of aryl methyl sites for hydroxylation is 2. The lowest BCUT2D eigenvalue weighted by Gasteiger charge is -2.05. The maximum Gasteiger partial charge on any atom is 0.0827 e. The fraction of sp³-hybridized carbons (Fsp3) is 0.778. The van der Waals surface area contributed by atoms with Crippen molar-refractivity contribution in [1.29, 1.82) is 0 Å². The van der Waals surface area contributed by atoms with Crippen molar-refractivity contribution in [2.45, 2.75) is 38.6 Å². The van der Waals surface area contributed by atoms with Gasteiger partial charge in [0.25, 0.3) is 0 Å². The molecule has 0 aliphatic rings. The summed E-state index contributed by atoms with van der Waals surface area (Å²) in [5, 5.41) is 7.88. The monoisotopic (exact) mass is 182 g/mol. The summed E-state index contributed by atoms with van der Waals surface area (Å²) in [4.78, 5) is 0. The van der Waals surface area contributed by atoms with Gasteiger partial charge in [-0.2, -0.15) is 0 Å². The van der Waals surface area contributed by atoms with E-state index >= 15 is 0 Å². The minimum Gasteiger partial charge on any atom is -0.328 e. The second kappa shape index (κ2) is 4.97. The summed E-state index contributed by atoms with van der Waals surface area (Å²) in [7, 11) is 1.88. The van der Waals surface area contributed by atoms with E-state index in [1.807, 2.05) is 13.2 Å². The number of hydrogen-bond acceptors (Lipinski definition) is 3. The van der Waals surface area contributed by atoms with Crippen LogP contribution in [0.15, 0.2) is 6.20 Å². The van der Waals surface area contributed by atoms with E-state index in [-0.39, 0.29) is 0 Å². The normalized spacial score (nSPS) is 13.2. The molecule has 4 heteroatoms. The van der Waals surface area contributed by atoms with Gasteiger partial charge in [-0.3, -0.25) is 4.68 Å². The van der Waals surface area contributed by atoms with Crippen molar-refractivity contribution >= 4 is 0 Å². The van der Waals surface area contributed by atoms with E-state index in [9.17, 15) is 0 Å². The maximum atomic E-state index is 5.80. The summed E-state index contributed by atoms with van der Waals surface area (Å²) in [6.45, 7) is 2.12. The molecule has 0 spiro atoms. The van der Waals surface area contributed by atoms with E-state index in [2.05, 4.69) is 17.2 Å². The zero-order valence-electron chi connectivity index (χ0n) is 8.40. The SMILES string of the molecule is CCC(N)CCCc1cn(C)nn1. The lowest BCUT2D eigenvalue weighted by atomic mass is 10.1. The molecule has 74 valence electrons. The van der Waals surface area contributed by atoms with Gasteiger partial charge in [-0.05, 0) is 25.7 Å². The van der Waals surface area contributed by atoms with E-state index in [1.165, 1.54) is 0 Å². The molecule has 0 fully saturated rings. The Bertz CT molecular complexity index is 244. The molecule has 1 unspecified atom stereocenters. The second-order valence-electron chi connectivity index (χ2n) is 3.44. The molecular weight excluding hydrogens is 164 g/mol. The molecule has 2 N–H and O–H groups in total. The molecule has 0 radical (unpaired) electrons.